The molecular weight excluding hydrogens is 494 g/mol. The smallest absolute Gasteiger partial charge is 0.259 e. The molecule has 3 aromatic carbocycles. The van der Waals surface area contributed by atoms with E-state index >= 15 is 0 Å². The number of para-hydroxylation sites is 2. The lowest BCUT2D eigenvalue weighted by molar-refractivity contribution is -0.116. The highest BCUT2D eigenvalue weighted by Gasteiger charge is 2.41. The SMILES string of the molecule is CC(C)(C)c1ccc([C@H]2CC(=O)C3=C(C2)Nc2ccccc2N(C(=O)c2ccccc2)[C@H]3c2ccncc2)cc1. The number of nitrogens with zero attached hydrogens (tertiary/aromatic N) is 2. The summed E-state index contributed by atoms with van der Waals surface area (Å²) in [7, 11) is 0. The number of fused-ring (bicyclic) bond motifs is 1. The van der Waals surface area contributed by atoms with Crippen molar-refractivity contribution in [1.29, 1.82) is 0 Å². The number of hydrogen-bond donors (Lipinski definition) is 1. The summed E-state index contributed by atoms with van der Waals surface area (Å²) in [4.78, 5) is 34.4. The number of rotatable bonds is 3. The van der Waals surface area contributed by atoms with Crippen molar-refractivity contribution in [3.8, 4) is 0 Å². The van der Waals surface area contributed by atoms with Gasteiger partial charge < -0.3 is 5.32 Å². The molecule has 0 saturated heterocycles. The van der Waals surface area contributed by atoms with Gasteiger partial charge in [-0.25, -0.2) is 0 Å². The second kappa shape index (κ2) is 10.2. The molecule has 5 heteroatoms. The summed E-state index contributed by atoms with van der Waals surface area (Å²) in [5, 5.41) is 3.61. The monoisotopic (exact) mass is 527 g/mol. The summed E-state index contributed by atoms with van der Waals surface area (Å²) < 4.78 is 0. The summed E-state index contributed by atoms with van der Waals surface area (Å²) in [6.45, 7) is 6.62. The van der Waals surface area contributed by atoms with Crippen molar-refractivity contribution in [2.24, 2.45) is 0 Å². The van der Waals surface area contributed by atoms with Crippen LogP contribution in [0.25, 0.3) is 0 Å². The summed E-state index contributed by atoms with van der Waals surface area (Å²) in [5.74, 6) is -0.0494. The zero-order valence-corrected chi connectivity index (χ0v) is 23.1. The Hall–Kier alpha value is -4.51. The molecular formula is C35H33N3O2. The molecule has 0 spiro atoms. The average molecular weight is 528 g/mol. The Morgan fingerprint density at radius 1 is 0.825 bits per heavy atom. The Balaban J connectivity index is 1.49. The van der Waals surface area contributed by atoms with Crippen molar-refractivity contribution in [2.75, 3.05) is 10.2 Å². The second-order valence-corrected chi connectivity index (χ2v) is 11.7. The minimum Gasteiger partial charge on any atom is -0.357 e. The zero-order valence-electron chi connectivity index (χ0n) is 23.1. The Bertz CT molecular complexity index is 1590. The van der Waals surface area contributed by atoms with Crippen LogP contribution in [0.15, 0.2) is 115 Å². The van der Waals surface area contributed by atoms with E-state index in [4.69, 9.17) is 0 Å². The van der Waals surface area contributed by atoms with E-state index in [1.807, 2.05) is 66.7 Å². The number of Topliss-reactive ketones (excluding diaryl/α,β-unsaturated/α-hetero) is 1. The molecule has 4 aromatic rings. The molecule has 0 bridgehead atoms. The van der Waals surface area contributed by atoms with Gasteiger partial charge in [-0.2, -0.15) is 0 Å². The Morgan fingerprint density at radius 2 is 1.50 bits per heavy atom. The number of anilines is 2. The van der Waals surface area contributed by atoms with Gasteiger partial charge in [0, 0.05) is 35.6 Å². The van der Waals surface area contributed by atoms with Gasteiger partial charge in [0.1, 0.15) is 0 Å². The van der Waals surface area contributed by atoms with Crippen LogP contribution >= 0.6 is 0 Å². The highest BCUT2D eigenvalue weighted by molar-refractivity contribution is 6.12. The van der Waals surface area contributed by atoms with Crippen LogP contribution in [0.3, 0.4) is 0 Å². The molecule has 1 amide bonds. The fourth-order valence-electron chi connectivity index (χ4n) is 5.89. The van der Waals surface area contributed by atoms with Crippen LogP contribution in [0, 0.1) is 0 Å². The molecule has 0 saturated carbocycles. The van der Waals surface area contributed by atoms with Crippen LogP contribution in [0.1, 0.15) is 72.6 Å². The third-order valence-corrected chi connectivity index (χ3v) is 8.00. The van der Waals surface area contributed by atoms with E-state index in [0.717, 1.165) is 28.2 Å². The minimum atomic E-state index is -0.585. The van der Waals surface area contributed by atoms with Crippen LogP contribution in [-0.2, 0) is 10.2 Å². The van der Waals surface area contributed by atoms with Crippen molar-refractivity contribution >= 4 is 23.1 Å². The molecule has 6 rings (SSSR count). The zero-order chi connectivity index (χ0) is 27.9. The number of carbonyl (C=O) groups is 2. The van der Waals surface area contributed by atoms with Crippen LogP contribution in [0.2, 0.25) is 0 Å². The summed E-state index contributed by atoms with van der Waals surface area (Å²) >= 11 is 0. The molecule has 1 aromatic heterocycles. The van der Waals surface area contributed by atoms with Crippen LogP contribution in [-0.4, -0.2) is 16.7 Å². The van der Waals surface area contributed by atoms with Gasteiger partial charge in [-0.15, -0.1) is 0 Å². The van der Waals surface area contributed by atoms with Crippen molar-refractivity contribution in [1.82, 2.24) is 4.98 Å². The number of aromatic nitrogens is 1. The fraction of sp³-hybridized carbons (Fsp3) is 0.229. The molecule has 0 radical (unpaired) electrons. The lowest BCUT2D eigenvalue weighted by atomic mass is 9.77. The molecule has 1 aliphatic carbocycles. The van der Waals surface area contributed by atoms with E-state index in [1.165, 1.54) is 5.56 Å². The third kappa shape index (κ3) is 4.73. The molecule has 200 valence electrons. The number of ketones is 1. The first kappa shape index (κ1) is 25.8. The number of amides is 1. The van der Waals surface area contributed by atoms with Gasteiger partial charge in [0.2, 0.25) is 0 Å². The van der Waals surface area contributed by atoms with Gasteiger partial charge in [-0.05, 0) is 70.8 Å². The molecule has 1 aliphatic heterocycles. The molecule has 2 aliphatic rings. The minimum absolute atomic E-state index is 0.0504. The number of allylic oxidation sites excluding steroid dienone is 1. The van der Waals surface area contributed by atoms with E-state index in [9.17, 15) is 9.59 Å². The van der Waals surface area contributed by atoms with Crippen molar-refractivity contribution < 1.29 is 9.59 Å². The highest BCUT2D eigenvalue weighted by atomic mass is 16.2. The Kier molecular flexibility index (Phi) is 6.59. The van der Waals surface area contributed by atoms with E-state index in [2.05, 4.69) is 55.3 Å². The largest absolute Gasteiger partial charge is 0.357 e. The molecule has 2 atom stereocenters. The number of benzene rings is 3. The summed E-state index contributed by atoms with van der Waals surface area (Å²) in [5.41, 5.74) is 6.99. The fourth-order valence-corrected chi connectivity index (χ4v) is 5.89. The van der Waals surface area contributed by atoms with Gasteiger partial charge >= 0.3 is 0 Å². The maximum Gasteiger partial charge on any atom is 0.259 e. The molecule has 1 N–H and O–H groups in total. The normalized spacial score (nSPS) is 18.9. The highest BCUT2D eigenvalue weighted by Crippen LogP contribution is 2.47. The lowest BCUT2D eigenvalue weighted by Crippen LogP contribution is -2.38. The number of hydrogen-bond acceptors (Lipinski definition) is 4. The van der Waals surface area contributed by atoms with Crippen molar-refractivity contribution in [2.45, 2.75) is 51.0 Å². The first-order valence-electron chi connectivity index (χ1n) is 13.8. The predicted octanol–water partition coefficient (Wildman–Crippen LogP) is 7.59. The third-order valence-electron chi connectivity index (χ3n) is 8.00. The first-order chi connectivity index (χ1) is 19.3. The standard InChI is InChI=1S/C35H33N3O2/c1-35(2,3)27-15-13-23(14-16-27)26-21-29-32(31(39)22-26)33(24-17-19-36-20-18-24)38(30-12-8-7-11-28(30)37-29)34(40)25-9-5-4-6-10-25/h4-20,26,33,37H,21-22H2,1-3H3/t26-,33+/m1/s1. The van der Waals surface area contributed by atoms with Crippen molar-refractivity contribution in [3.63, 3.8) is 0 Å². The number of carbonyl (C=O) groups excluding carboxylic acids is 2. The number of pyridine rings is 1. The van der Waals surface area contributed by atoms with Gasteiger partial charge in [0.15, 0.2) is 5.78 Å². The van der Waals surface area contributed by atoms with Gasteiger partial charge in [-0.1, -0.05) is 75.4 Å². The molecule has 40 heavy (non-hydrogen) atoms. The second-order valence-electron chi connectivity index (χ2n) is 11.7. The topological polar surface area (TPSA) is 62.3 Å². The molecule has 0 fully saturated rings. The van der Waals surface area contributed by atoms with Gasteiger partial charge in [0.05, 0.1) is 17.4 Å². The average Bonchev–Trinajstić information content (AvgIpc) is 3.12. The van der Waals surface area contributed by atoms with E-state index in [0.29, 0.717) is 24.0 Å². The molecule has 0 unspecified atom stereocenters. The maximum absolute atomic E-state index is 14.2. The molecule has 2 heterocycles. The van der Waals surface area contributed by atoms with Crippen LogP contribution in [0.4, 0.5) is 11.4 Å². The Morgan fingerprint density at radius 3 is 2.20 bits per heavy atom. The van der Waals surface area contributed by atoms with E-state index in [-0.39, 0.29) is 23.0 Å². The quantitative estimate of drug-likeness (QED) is 0.298. The summed E-state index contributed by atoms with van der Waals surface area (Å²) in [6, 6.07) is 29.0. The maximum atomic E-state index is 14.2. The van der Waals surface area contributed by atoms with E-state index < -0.39 is 6.04 Å². The van der Waals surface area contributed by atoms with Gasteiger partial charge in [-0.3, -0.25) is 19.5 Å². The molecule has 5 nitrogen and oxygen atoms in total. The summed E-state index contributed by atoms with van der Waals surface area (Å²) in [6.07, 6.45) is 4.51. The number of nitrogens with one attached hydrogen (secondary N) is 1. The first-order valence-corrected chi connectivity index (χ1v) is 13.8. The van der Waals surface area contributed by atoms with Crippen LogP contribution < -0.4 is 10.2 Å². The predicted molar refractivity (Wildman–Crippen MR) is 159 cm³/mol. The van der Waals surface area contributed by atoms with E-state index in [1.54, 1.807) is 17.3 Å². The van der Waals surface area contributed by atoms with Crippen LogP contribution in [0.5, 0.6) is 0 Å². The van der Waals surface area contributed by atoms with Crippen molar-refractivity contribution in [3.05, 3.63) is 137 Å². The Labute approximate surface area is 235 Å². The lowest BCUT2D eigenvalue weighted by Gasteiger charge is -2.35. The van der Waals surface area contributed by atoms with Gasteiger partial charge in [0.25, 0.3) is 5.91 Å².